The van der Waals surface area contributed by atoms with E-state index in [1.165, 1.54) is 12.0 Å². The minimum Gasteiger partial charge on any atom is -0.496 e. The number of rotatable bonds is 7. The fraction of sp³-hybridized carbons (Fsp3) is 0.375. The van der Waals surface area contributed by atoms with Crippen LogP contribution in [0.5, 0.6) is 5.75 Å². The minimum atomic E-state index is 0.157. The van der Waals surface area contributed by atoms with Crippen molar-refractivity contribution in [1.29, 1.82) is 0 Å². The lowest BCUT2D eigenvalue weighted by molar-refractivity contribution is -0.133. The summed E-state index contributed by atoms with van der Waals surface area (Å²) in [7, 11) is 1.61. The number of piperidine rings is 1. The summed E-state index contributed by atoms with van der Waals surface area (Å²) in [5, 5.41) is 4.05. The van der Waals surface area contributed by atoms with Gasteiger partial charge in [-0.05, 0) is 42.9 Å². The Morgan fingerprint density at radius 1 is 1.17 bits per heavy atom. The predicted octanol–water partition coefficient (Wildman–Crippen LogP) is 4.16. The number of hydrogen-bond donors (Lipinski definition) is 0. The Labute approximate surface area is 176 Å². The van der Waals surface area contributed by atoms with Crippen LogP contribution >= 0.6 is 0 Å². The van der Waals surface area contributed by atoms with Gasteiger partial charge in [-0.3, -0.25) is 4.79 Å². The molecule has 0 radical (unpaired) electrons. The Balaban J connectivity index is 1.32. The molecule has 30 heavy (non-hydrogen) atoms. The maximum Gasteiger partial charge on any atom is 0.227 e. The van der Waals surface area contributed by atoms with Crippen LogP contribution in [0.3, 0.4) is 0 Å². The van der Waals surface area contributed by atoms with Gasteiger partial charge in [0.25, 0.3) is 0 Å². The molecular weight excluding hydrogens is 378 g/mol. The monoisotopic (exact) mass is 405 g/mol. The molecule has 156 valence electrons. The van der Waals surface area contributed by atoms with Crippen LogP contribution in [-0.4, -0.2) is 41.1 Å². The van der Waals surface area contributed by atoms with Crippen molar-refractivity contribution in [3.8, 4) is 17.1 Å². The molecule has 1 aromatic heterocycles. The molecule has 0 unspecified atom stereocenters. The van der Waals surface area contributed by atoms with E-state index < -0.39 is 0 Å². The summed E-state index contributed by atoms with van der Waals surface area (Å²) in [6.07, 6.45) is 4.08. The molecule has 0 aliphatic carbocycles. The molecule has 6 nitrogen and oxygen atoms in total. The molecule has 1 fully saturated rings. The van der Waals surface area contributed by atoms with Gasteiger partial charge in [-0.1, -0.05) is 47.6 Å². The van der Waals surface area contributed by atoms with E-state index in [9.17, 15) is 4.79 Å². The third kappa shape index (κ3) is 4.87. The van der Waals surface area contributed by atoms with Crippen molar-refractivity contribution in [2.75, 3.05) is 20.2 Å². The van der Waals surface area contributed by atoms with Crippen molar-refractivity contribution < 1.29 is 14.1 Å². The Morgan fingerprint density at radius 2 is 1.97 bits per heavy atom. The molecule has 0 saturated carbocycles. The van der Waals surface area contributed by atoms with Crippen LogP contribution in [-0.2, 0) is 17.6 Å². The summed E-state index contributed by atoms with van der Waals surface area (Å²) in [5.74, 6) is 2.33. The molecule has 2 aromatic carbocycles. The maximum absolute atomic E-state index is 12.8. The van der Waals surface area contributed by atoms with Gasteiger partial charge in [-0.25, -0.2) is 0 Å². The number of hydrogen-bond acceptors (Lipinski definition) is 5. The molecule has 1 saturated heterocycles. The maximum atomic E-state index is 12.8. The number of para-hydroxylation sites is 1. The SMILES string of the molecule is COc1ccccc1-c1noc(CCC(=O)N2CCC[C@H](Cc3ccccc3)C2)n1. The first-order valence-electron chi connectivity index (χ1n) is 10.5. The van der Waals surface area contributed by atoms with Crippen molar-refractivity contribution in [1.82, 2.24) is 15.0 Å². The van der Waals surface area contributed by atoms with Gasteiger partial charge in [0.2, 0.25) is 17.6 Å². The smallest absolute Gasteiger partial charge is 0.227 e. The van der Waals surface area contributed by atoms with E-state index in [-0.39, 0.29) is 5.91 Å². The molecule has 0 N–H and O–H groups in total. The number of benzene rings is 2. The van der Waals surface area contributed by atoms with E-state index in [0.29, 0.717) is 36.2 Å². The standard InChI is InChI=1S/C24H27N3O3/c1-29-21-12-6-5-11-20(21)24-25-22(30-26-24)13-14-23(28)27-15-7-10-19(17-27)16-18-8-3-2-4-9-18/h2-6,8-9,11-12,19H,7,10,13-17H2,1H3/t19-/m1/s1. The summed E-state index contributed by atoms with van der Waals surface area (Å²) in [6, 6.07) is 18.1. The quantitative estimate of drug-likeness (QED) is 0.590. The molecule has 4 rings (SSSR count). The van der Waals surface area contributed by atoms with Crippen LogP contribution in [0.25, 0.3) is 11.4 Å². The molecule has 2 heterocycles. The Kier molecular flexibility index (Phi) is 6.42. The van der Waals surface area contributed by atoms with Crippen molar-refractivity contribution in [3.63, 3.8) is 0 Å². The van der Waals surface area contributed by atoms with E-state index in [1.54, 1.807) is 7.11 Å². The number of likely N-dealkylation sites (tertiary alicyclic amines) is 1. The minimum absolute atomic E-state index is 0.157. The van der Waals surface area contributed by atoms with Crippen molar-refractivity contribution >= 4 is 5.91 Å². The molecule has 1 aliphatic heterocycles. The van der Waals surface area contributed by atoms with Gasteiger partial charge in [-0.15, -0.1) is 0 Å². The molecule has 3 aromatic rings. The van der Waals surface area contributed by atoms with E-state index in [0.717, 1.165) is 31.5 Å². The largest absolute Gasteiger partial charge is 0.496 e. The molecule has 1 aliphatic rings. The lowest BCUT2D eigenvalue weighted by Crippen LogP contribution is -2.40. The summed E-state index contributed by atoms with van der Waals surface area (Å²) < 4.78 is 10.7. The molecule has 0 bridgehead atoms. The number of nitrogens with zero attached hydrogens (tertiary/aromatic N) is 3. The highest BCUT2D eigenvalue weighted by Crippen LogP contribution is 2.27. The molecule has 1 amide bonds. The van der Waals surface area contributed by atoms with Gasteiger partial charge in [0.15, 0.2) is 0 Å². The van der Waals surface area contributed by atoms with Crippen molar-refractivity contribution in [2.24, 2.45) is 5.92 Å². The number of ether oxygens (including phenoxy) is 1. The zero-order valence-electron chi connectivity index (χ0n) is 17.3. The number of amides is 1. The zero-order chi connectivity index (χ0) is 20.8. The predicted molar refractivity (Wildman–Crippen MR) is 114 cm³/mol. The molecule has 1 atom stereocenters. The second-order valence-corrected chi connectivity index (χ2v) is 7.75. The number of aromatic nitrogens is 2. The summed E-state index contributed by atoms with van der Waals surface area (Å²) in [4.78, 5) is 19.2. The van der Waals surface area contributed by atoms with Gasteiger partial charge in [0, 0.05) is 25.9 Å². The van der Waals surface area contributed by atoms with Crippen LogP contribution in [0.4, 0.5) is 0 Å². The fourth-order valence-corrected chi connectivity index (χ4v) is 4.07. The number of carbonyl (C=O) groups is 1. The number of carbonyl (C=O) groups excluding carboxylic acids is 1. The Hall–Kier alpha value is -3.15. The molecule has 0 spiro atoms. The first-order chi connectivity index (χ1) is 14.7. The van der Waals surface area contributed by atoms with E-state index in [2.05, 4.69) is 34.4 Å². The summed E-state index contributed by atoms with van der Waals surface area (Å²) in [5.41, 5.74) is 2.12. The highest BCUT2D eigenvalue weighted by molar-refractivity contribution is 5.76. The van der Waals surface area contributed by atoms with Crippen LogP contribution in [0.15, 0.2) is 59.1 Å². The van der Waals surface area contributed by atoms with E-state index in [1.807, 2.05) is 35.2 Å². The Bertz CT molecular complexity index is 971. The Morgan fingerprint density at radius 3 is 2.80 bits per heavy atom. The normalized spacial score (nSPS) is 16.4. The van der Waals surface area contributed by atoms with Gasteiger partial charge >= 0.3 is 0 Å². The number of methoxy groups -OCH3 is 1. The van der Waals surface area contributed by atoms with Crippen LogP contribution in [0.2, 0.25) is 0 Å². The van der Waals surface area contributed by atoms with E-state index >= 15 is 0 Å². The first kappa shape index (κ1) is 20.1. The van der Waals surface area contributed by atoms with Crippen molar-refractivity contribution in [3.05, 3.63) is 66.1 Å². The average Bonchev–Trinajstić information content (AvgIpc) is 3.27. The van der Waals surface area contributed by atoms with Gasteiger partial charge < -0.3 is 14.2 Å². The van der Waals surface area contributed by atoms with E-state index in [4.69, 9.17) is 9.26 Å². The topological polar surface area (TPSA) is 68.5 Å². The first-order valence-corrected chi connectivity index (χ1v) is 10.5. The third-order valence-electron chi connectivity index (χ3n) is 5.61. The molecular formula is C24H27N3O3. The lowest BCUT2D eigenvalue weighted by atomic mass is 9.91. The van der Waals surface area contributed by atoms with Gasteiger partial charge in [0.1, 0.15) is 5.75 Å². The number of aryl methyl sites for hydroxylation is 1. The summed E-state index contributed by atoms with van der Waals surface area (Å²) >= 11 is 0. The van der Waals surface area contributed by atoms with Gasteiger partial charge in [0.05, 0.1) is 12.7 Å². The fourth-order valence-electron chi connectivity index (χ4n) is 4.07. The zero-order valence-corrected chi connectivity index (χ0v) is 17.3. The second-order valence-electron chi connectivity index (χ2n) is 7.75. The molecule has 6 heteroatoms. The average molecular weight is 405 g/mol. The van der Waals surface area contributed by atoms with Crippen LogP contribution < -0.4 is 4.74 Å². The van der Waals surface area contributed by atoms with Crippen LogP contribution in [0, 0.1) is 5.92 Å². The highest BCUT2D eigenvalue weighted by Gasteiger charge is 2.24. The third-order valence-corrected chi connectivity index (χ3v) is 5.61. The summed E-state index contributed by atoms with van der Waals surface area (Å²) in [6.45, 7) is 1.66. The van der Waals surface area contributed by atoms with Crippen LogP contribution in [0.1, 0.15) is 30.7 Å². The lowest BCUT2D eigenvalue weighted by Gasteiger charge is -2.33. The van der Waals surface area contributed by atoms with Gasteiger partial charge in [-0.2, -0.15) is 4.98 Å². The van der Waals surface area contributed by atoms with Crippen molar-refractivity contribution in [2.45, 2.75) is 32.1 Å². The highest BCUT2D eigenvalue weighted by atomic mass is 16.5. The second kappa shape index (κ2) is 9.57.